The zero-order valence-corrected chi connectivity index (χ0v) is 27.5. The number of rotatable bonds is 11. The van der Waals surface area contributed by atoms with Crippen LogP contribution in [0.15, 0.2) is 118 Å². The summed E-state index contributed by atoms with van der Waals surface area (Å²) < 4.78 is 49.4. The molecule has 14 heteroatoms. The second kappa shape index (κ2) is 14.2. The number of sulfonamides is 1. The fraction of sp³-hybridized carbons (Fsp3) is 0.156. The van der Waals surface area contributed by atoms with Crippen LogP contribution in [0.5, 0.6) is 0 Å². The average molecular weight is 697 g/mol. The van der Waals surface area contributed by atoms with Gasteiger partial charge in [-0.15, -0.1) is 0 Å². The lowest BCUT2D eigenvalue weighted by atomic mass is 10.0. The molecule has 10 nitrogen and oxygen atoms in total. The molecule has 3 N–H and O–H groups in total. The Kier molecular flexibility index (Phi) is 10.3. The number of aliphatic imine (C=N–C) groups is 1. The van der Waals surface area contributed by atoms with Crippen molar-refractivity contribution in [1.29, 1.82) is 0 Å². The second-order valence-electron chi connectivity index (χ2n) is 10.3. The number of thioether (sulfide) groups is 1. The van der Waals surface area contributed by atoms with E-state index in [0.29, 0.717) is 15.9 Å². The van der Waals surface area contributed by atoms with Crippen LogP contribution in [-0.2, 0) is 29.4 Å². The molecule has 46 heavy (non-hydrogen) atoms. The molecular formula is C32H29ClN4O6S3. The fourth-order valence-corrected chi connectivity index (χ4v) is 7.93. The van der Waals surface area contributed by atoms with Gasteiger partial charge in [-0.25, -0.2) is 27.0 Å². The molecule has 0 aromatic heterocycles. The van der Waals surface area contributed by atoms with Gasteiger partial charge in [0.05, 0.1) is 21.2 Å². The largest absolute Gasteiger partial charge is 0.326 e. The molecule has 2 amide bonds. The predicted octanol–water partition coefficient (Wildman–Crippen LogP) is 5.48. The quantitative estimate of drug-likeness (QED) is 0.210. The van der Waals surface area contributed by atoms with Gasteiger partial charge >= 0.3 is 0 Å². The fourth-order valence-electron chi connectivity index (χ4n) is 4.77. The Balaban J connectivity index is 1.38. The summed E-state index contributed by atoms with van der Waals surface area (Å²) in [6.45, 7) is 0.0551. The van der Waals surface area contributed by atoms with Crippen LogP contribution in [-0.4, -0.2) is 56.3 Å². The topological polar surface area (TPSA) is 156 Å². The first kappa shape index (κ1) is 33.4. The number of nitrogens with zero attached hydrogens (tertiary/aromatic N) is 2. The summed E-state index contributed by atoms with van der Waals surface area (Å²) >= 11 is 7.02. The van der Waals surface area contributed by atoms with Crippen molar-refractivity contribution in [3.63, 3.8) is 0 Å². The molecule has 1 unspecified atom stereocenters. The second-order valence-corrected chi connectivity index (χ2v) is 15.6. The van der Waals surface area contributed by atoms with Gasteiger partial charge in [-0.05, 0) is 60.5 Å². The number of primary sulfonamides is 1. The maximum atomic E-state index is 13.7. The van der Waals surface area contributed by atoms with E-state index in [0.717, 1.165) is 22.9 Å². The van der Waals surface area contributed by atoms with Crippen LogP contribution < -0.4 is 10.5 Å². The van der Waals surface area contributed by atoms with Crippen LogP contribution in [0.4, 0.5) is 11.4 Å². The molecule has 1 aliphatic heterocycles. The van der Waals surface area contributed by atoms with Crippen molar-refractivity contribution in [2.75, 3.05) is 17.6 Å². The van der Waals surface area contributed by atoms with Crippen molar-refractivity contribution in [3.8, 4) is 11.1 Å². The van der Waals surface area contributed by atoms with E-state index in [2.05, 4.69) is 5.32 Å². The number of amidine groups is 1. The third-order valence-electron chi connectivity index (χ3n) is 7.01. The first-order valence-electron chi connectivity index (χ1n) is 14.0. The summed E-state index contributed by atoms with van der Waals surface area (Å²) in [7, 11) is -7.63. The first-order valence-corrected chi connectivity index (χ1v) is 18.5. The van der Waals surface area contributed by atoms with Crippen molar-refractivity contribution in [1.82, 2.24) is 4.90 Å². The summed E-state index contributed by atoms with van der Waals surface area (Å²) in [4.78, 5) is 32.9. The van der Waals surface area contributed by atoms with Crippen molar-refractivity contribution in [3.05, 3.63) is 108 Å². The standard InChI is InChI=1S/C32H29ClN4O6S3/c33-23-14-16-25(17-15-23)45(40,41)19-7-18-37-31(39)29(21-30(38)35-24-10-6-11-26(20-24)46(34,42)43)44-32(37)36-28-13-5-4-12-27(28)22-8-2-1-3-9-22/h1-6,8-17,20,29H,7,18-19,21H2,(H,35,38)(H2,34,42,43). The number of hydrogen-bond acceptors (Lipinski definition) is 8. The number of amides is 2. The van der Waals surface area contributed by atoms with Crippen molar-refractivity contribution in [2.24, 2.45) is 10.1 Å². The molecule has 1 fully saturated rings. The number of nitrogens with one attached hydrogen (secondary N) is 1. The highest BCUT2D eigenvalue weighted by Crippen LogP contribution is 2.36. The highest BCUT2D eigenvalue weighted by molar-refractivity contribution is 8.15. The van der Waals surface area contributed by atoms with Crippen molar-refractivity contribution < 1.29 is 26.4 Å². The minimum Gasteiger partial charge on any atom is -0.326 e. The van der Waals surface area contributed by atoms with Gasteiger partial charge in [-0.2, -0.15) is 0 Å². The molecule has 1 saturated heterocycles. The number of anilines is 1. The Morgan fingerprint density at radius 1 is 0.891 bits per heavy atom. The molecule has 0 radical (unpaired) electrons. The third kappa shape index (κ3) is 8.22. The predicted molar refractivity (Wildman–Crippen MR) is 181 cm³/mol. The van der Waals surface area contributed by atoms with E-state index >= 15 is 0 Å². The molecular weight excluding hydrogens is 668 g/mol. The Morgan fingerprint density at radius 2 is 1.59 bits per heavy atom. The number of carbonyl (C=O) groups excluding carboxylic acids is 2. The van der Waals surface area contributed by atoms with Crippen LogP contribution in [0.25, 0.3) is 11.1 Å². The summed E-state index contributed by atoms with van der Waals surface area (Å²) in [5.41, 5.74) is 2.58. The van der Waals surface area contributed by atoms with E-state index in [1.54, 1.807) is 0 Å². The molecule has 1 aliphatic rings. The van der Waals surface area contributed by atoms with Crippen LogP contribution in [0, 0.1) is 0 Å². The zero-order chi connectivity index (χ0) is 32.9. The van der Waals surface area contributed by atoms with Gasteiger partial charge < -0.3 is 5.32 Å². The number of hydrogen-bond donors (Lipinski definition) is 2. The average Bonchev–Trinajstić information content (AvgIpc) is 3.30. The number of para-hydroxylation sites is 1. The van der Waals surface area contributed by atoms with E-state index < -0.39 is 36.9 Å². The van der Waals surface area contributed by atoms with Crippen LogP contribution in [0.3, 0.4) is 0 Å². The van der Waals surface area contributed by atoms with E-state index in [1.165, 1.54) is 53.4 Å². The lowest BCUT2D eigenvalue weighted by Gasteiger charge is -2.17. The maximum Gasteiger partial charge on any atom is 0.242 e. The molecule has 238 valence electrons. The normalized spacial score (nSPS) is 16.1. The molecule has 1 heterocycles. The van der Waals surface area contributed by atoms with Gasteiger partial charge in [-0.3, -0.25) is 14.5 Å². The van der Waals surface area contributed by atoms with E-state index in [-0.39, 0.29) is 40.6 Å². The van der Waals surface area contributed by atoms with E-state index in [9.17, 15) is 26.4 Å². The Bertz CT molecular complexity index is 2010. The van der Waals surface area contributed by atoms with Gasteiger partial charge in [-0.1, -0.05) is 78.0 Å². The van der Waals surface area contributed by atoms with Gasteiger partial charge in [0.25, 0.3) is 0 Å². The molecule has 0 saturated carbocycles. The Morgan fingerprint density at radius 3 is 2.30 bits per heavy atom. The minimum atomic E-state index is -3.98. The number of sulfone groups is 1. The minimum absolute atomic E-state index is 0.0551. The van der Waals surface area contributed by atoms with Gasteiger partial charge in [0, 0.05) is 29.2 Å². The van der Waals surface area contributed by atoms with Gasteiger partial charge in [0.2, 0.25) is 21.8 Å². The van der Waals surface area contributed by atoms with Crippen molar-refractivity contribution in [2.45, 2.75) is 27.9 Å². The van der Waals surface area contributed by atoms with E-state index in [4.69, 9.17) is 21.7 Å². The molecule has 5 rings (SSSR count). The summed E-state index contributed by atoms with van der Waals surface area (Å²) in [6, 6.07) is 28.5. The monoisotopic (exact) mass is 696 g/mol. The smallest absolute Gasteiger partial charge is 0.242 e. The summed E-state index contributed by atoms with van der Waals surface area (Å²) in [5.74, 6) is -1.13. The first-order chi connectivity index (χ1) is 21.9. The Labute approximate surface area is 276 Å². The lowest BCUT2D eigenvalue weighted by molar-refractivity contribution is -0.128. The van der Waals surface area contributed by atoms with Gasteiger partial charge in [0.15, 0.2) is 15.0 Å². The highest BCUT2D eigenvalue weighted by Gasteiger charge is 2.39. The molecule has 4 aromatic carbocycles. The lowest BCUT2D eigenvalue weighted by Crippen LogP contribution is -2.35. The SMILES string of the molecule is NS(=O)(=O)c1cccc(NC(=O)CC2SC(=Nc3ccccc3-c3ccccc3)N(CCCS(=O)(=O)c3ccc(Cl)cc3)C2=O)c1. The number of halogens is 1. The van der Waals surface area contributed by atoms with Crippen LogP contribution >= 0.6 is 23.4 Å². The molecule has 4 aromatic rings. The molecule has 1 atom stereocenters. The molecule has 0 spiro atoms. The van der Waals surface area contributed by atoms with Crippen LogP contribution in [0.2, 0.25) is 5.02 Å². The summed E-state index contributed by atoms with van der Waals surface area (Å²) in [6.07, 6.45) is -0.113. The number of carbonyl (C=O) groups is 2. The zero-order valence-electron chi connectivity index (χ0n) is 24.2. The molecule has 0 bridgehead atoms. The van der Waals surface area contributed by atoms with Gasteiger partial charge in [0.1, 0.15) is 5.25 Å². The summed E-state index contributed by atoms with van der Waals surface area (Å²) in [5, 5.41) is 7.74. The van der Waals surface area contributed by atoms with E-state index in [1.807, 2.05) is 54.6 Å². The molecule has 0 aliphatic carbocycles. The van der Waals surface area contributed by atoms with Crippen molar-refractivity contribution >= 4 is 71.6 Å². The number of benzene rings is 4. The maximum absolute atomic E-state index is 13.7. The third-order valence-corrected chi connectivity index (χ3v) is 11.2. The Hall–Kier alpha value is -4.01. The number of nitrogens with two attached hydrogens (primary N) is 1. The highest BCUT2D eigenvalue weighted by atomic mass is 35.5. The van der Waals surface area contributed by atoms with Crippen LogP contribution in [0.1, 0.15) is 12.8 Å².